The normalized spacial score (nSPS) is 10.2. The van der Waals surface area contributed by atoms with E-state index in [4.69, 9.17) is 9.47 Å². The van der Waals surface area contributed by atoms with Crippen LogP contribution in [-0.4, -0.2) is 43.0 Å². The summed E-state index contributed by atoms with van der Waals surface area (Å²) in [6, 6.07) is 5.49. The predicted octanol–water partition coefficient (Wildman–Crippen LogP) is 2.39. The zero-order valence-corrected chi connectivity index (χ0v) is 14.8. The Kier molecular flexibility index (Phi) is 5.75. The number of nitrogens with one attached hydrogen (secondary N) is 1. The number of hydrogen-bond acceptors (Lipinski definition) is 6. The van der Waals surface area contributed by atoms with Crippen molar-refractivity contribution in [1.82, 2.24) is 9.88 Å². The number of nitrogens with zero attached hydrogens (tertiary/aromatic N) is 2. The molecule has 0 aliphatic carbocycles. The molecule has 0 aliphatic heterocycles. The summed E-state index contributed by atoms with van der Waals surface area (Å²) in [6.07, 6.45) is 0. The lowest BCUT2D eigenvalue weighted by atomic mass is 10.2. The van der Waals surface area contributed by atoms with Crippen LogP contribution in [0.15, 0.2) is 23.6 Å². The fraction of sp³-hybridized carbons (Fsp3) is 0.312. The number of carbonyl (C=O) groups excluding carboxylic acids is 2. The minimum Gasteiger partial charge on any atom is -0.493 e. The molecule has 1 heterocycles. The van der Waals surface area contributed by atoms with Gasteiger partial charge in [-0.2, -0.15) is 0 Å². The van der Waals surface area contributed by atoms with Gasteiger partial charge < -0.3 is 19.7 Å². The highest BCUT2D eigenvalue weighted by Crippen LogP contribution is 2.28. The van der Waals surface area contributed by atoms with Gasteiger partial charge in [0.2, 0.25) is 5.91 Å². The quantitative estimate of drug-likeness (QED) is 0.866. The van der Waals surface area contributed by atoms with Gasteiger partial charge in [0.15, 0.2) is 16.6 Å². The van der Waals surface area contributed by atoms with Crippen LogP contribution in [0.5, 0.6) is 11.5 Å². The molecule has 7 nitrogen and oxygen atoms in total. The number of aromatic nitrogens is 1. The molecule has 1 N–H and O–H groups in total. The third kappa shape index (κ3) is 4.23. The molecule has 0 saturated carbocycles. The molecule has 0 fully saturated rings. The third-order valence-electron chi connectivity index (χ3n) is 3.22. The van der Waals surface area contributed by atoms with E-state index >= 15 is 0 Å². The maximum Gasteiger partial charge on any atom is 0.273 e. The molecule has 0 atom stereocenters. The van der Waals surface area contributed by atoms with Crippen LogP contribution in [0.1, 0.15) is 23.0 Å². The minimum atomic E-state index is -0.224. The van der Waals surface area contributed by atoms with Gasteiger partial charge in [-0.25, -0.2) is 4.98 Å². The van der Waals surface area contributed by atoms with Crippen molar-refractivity contribution in [3.05, 3.63) is 34.8 Å². The summed E-state index contributed by atoms with van der Waals surface area (Å²) in [6.45, 7) is 1.79. The number of rotatable bonds is 6. The first-order chi connectivity index (χ1) is 11.4. The summed E-state index contributed by atoms with van der Waals surface area (Å²) < 4.78 is 10.5. The summed E-state index contributed by atoms with van der Waals surface area (Å²) in [5, 5.41) is 4.60. The molecule has 0 spiro atoms. The largest absolute Gasteiger partial charge is 0.493 e. The molecule has 0 saturated heterocycles. The summed E-state index contributed by atoms with van der Waals surface area (Å²) in [4.78, 5) is 29.1. The first kappa shape index (κ1) is 17.7. The number of hydrogen-bond donors (Lipinski definition) is 1. The highest BCUT2D eigenvalue weighted by Gasteiger charge is 2.17. The van der Waals surface area contributed by atoms with Gasteiger partial charge in [-0.05, 0) is 17.7 Å². The van der Waals surface area contributed by atoms with Crippen LogP contribution in [0.3, 0.4) is 0 Å². The number of benzene rings is 1. The molecule has 2 rings (SSSR count). The van der Waals surface area contributed by atoms with Crippen LogP contribution in [0.2, 0.25) is 0 Å². The van der Waals surface area contributed by atoms with Crippen molar-refractivity contribution in [3.63, 3.8) is 0 Å². The van der Waals surface area contributed by atoms with Gasteiger partial charge >= 0.3 is 0 Å². The summed E-state index contributed by atoms with van der Waals surface area (Å²) in [5.74, 6) is 0.798. The second-order valence-corrected chi connectivity index (χ2v) is 5.93. The molecule has 0 unspecified atom stereocenters. The predicted molar refractivity (Wildman–Crippen MR) is 91.8 cm³/mol. The number of carbonyl (C=O) groups is 2. The van der Waals surface area contributed by atoms with Crippen molar-refractivity contribution in [2.75, 3.05) is 26.6 Å². The molecule has 8 heteroatoms. The zero-order valence-electron chi connectivity index (χ0n) is 14.0. The van der Waals surface area contributed by atoms with Crippen molar-refractivity contribution < 1.29 is 19.1 Å². The Labute approximate surface area is 144 Å². The van der Waals surface area contributed by atoms with Crippen molar-refractivity contribution in [2.45, 2.75) is 13.5 Å². The lowest BCUT2D eigenvalue weighted by Crippen LogP contribution is -2.26. The van der Waals surface area contributed by atoms with Crippen LogP contribution in [-0.2, 0) is 11.3 Å². The second kappa shape index (κ2) is 7.78. The van der Waals surface area contributed by atoms with E-state index in [1.165, 1.54) is 18.3 Å². The lowest BCUT2D eigenvalue weighted by Gasteiger charge is -2.17. The van der Waals surface area contributed by atoms with Gasteiger partial charge in [0, 0.05) is 25.9 Å². The Morgan fingerprint density at radius 2 is 1.96 bits per heavy atom. The van der Waals surface area contributed by atoms with Gasteiger partial charge in [-0.1, -0.05) is 6.07 Å². The fourth-order valence-electron chi connectivity index (χ4n) is 2.10. The monoisotopic (exact) mass is 349 g/mol. The van der Waals surface area contributed by atoms with E-state index in [0.717, 1.165) is 5.56 Å². The first-order valence-corrected chi connectivity index (χ1v) is 8.02. The summed E-state index contributed by atoms with van der Waals surface area (Å²) >= 11 is 1.21. The molecular formula is C16H19N3O4S. The molecule has 24 heavy (non-hydrogen) atoms. The third-order valence-corrected chi connectivity index (χ3v) is 3.98. The highest BCUT2D eigenvalue weighted by molar-refractivity contribution is 7.14. The number of amides is 2. The van der Waals surface area contributed by atoms with Gasteiger partial charge in [0.05, 0.1) is 14.2 Å². The maximum absolute atomic E-state index is 12.4. The van der Waals surface area contributed by atoms with Crippen molar-refractivity contribution in [3.8, 4) is 11.5 Å². The van der Waals surface area contributed by atoms with Gasteiger partial charge in [0.25, 0.3) is 5.91 Å². The van der Waals surface area contributed by atoms with Crippen molar-refractivity contribution in [1.29, 1.82) is 0 Å². The van der Waals surface area contributed by atoms with E-state index in [1.54, 1.807) is 37.6 Å². The first-order valence-electron chi connectivity index (χ1n) is 7.14. The number of thiazole rings is 1. The van der Waals surface area contributed by atoms with E-state index in [-0.39, 0.29) is 11.8 Å². The van der Waals surface area contributed by atoms with Crippen LogP contribution in [0, 0.1) is 0 Å². The van der Waals surface area contributed by atoms with Gasteiger partial charge in [-0.3, -0.25) is 9.59 Å². The Bertz CT molecular complexity index is 745. The molecule has 0 bridgehead atoms. The van der Waals surface area contributed by atoms with E-state index in [1.807, 2.05) is 12.1 Å². The van der Waals surface area contributed by atoms with Crippen LogP contribution in [0.4, 0.5) is 5.13 Å². The SMILES string of the molecule is COc1ccc(CN(C)C(=O)c2csc(NC(C)=O)n2)cc1OC. The molecule has 2 amide bonds. The molecule has 1 aromatic carbocycles. The van der Waals surface area contributed by atoms with Crippen LogP contribution >= 0.6 is 11.3 Å². The Balaban J connectivity index is 2.08. The number of anilines is 1. The number of methoxy groups -OCH3 is 2. The van der Waals surface area contributed by atoms with E-state index in [9.17, 15) is 9.59 Å². The van der Waals surface area contributed by atoms with E-state index in [2.05, 4.69) is 10.3 Å². The van der Waals surface area contributed by atoms with Crippen molar-refractivity contribution in [2.24, 2.45) is 0 Å². The maximum atomic E-state index is 12.4. The van der Waals surface area contributed by atoms with E-state index < -0.39 is 0 Å². The minimum absolute atomic E-state index is 0.220. The number of ether oxygens (including phenoxy) is 2. The molecular weight excluding hydrogens is 330 g/mol. The standard InChI is InChI=1S/C16H19N3O4S/c1-10(20)17-16-18-12(9-24-16)15(21)19(2)8-11-5-6-13(22-3)14(7-11)23-4/h5-7,9H,8H2,1-4H3,(H,17,18,20). The average Bonchev–Trinajstić information content (AvgIpc) is 3.01. The Hall–Kier alpha value is -2.61. The van der Waals surface area contributed by atoms with E-state index in [0.29, 0.717) is 28.9 Å². The average molecular weight is 349 g/mol. The summed E-state index contributed by atoms with van der Waals surface area (Å²) in [7, 11) is 4.83. The van der Waals surface area contributed by atoms with Gasteiger partial charge in [-0.15, -0.1) is 11.3 Å². The highest BCUT2D eigenvalue weighted by atomic mass is 32.1. The molecule has 1 aromatic heterocycles. The van der Waals surface area contributed by atoms with Crippen LogP contribution in [0.25, 0.3) is 0 Å². The lowest BCUT2D eigenvalue weighted by molar-refractivity contribution is -0.114. The Morgan fingerprint density at radius 1 is 1.25 bits per heavy atom. The summed E-state index contributed by atoms with van der Waals surface area (Å²) in [5.41, 5.74) is 1.20. The van der Waals surface area contributed by atoms with Crippen LogP contribution < -0.4 is 14.8 Å². The molecule has 128 valence electrons. The second-order valence-electron chi connectivity index (χ2n) is 5.07. The van der Waals surface area contributed by atoms with Gasteiger partial charge in [0.1, 0.15) is 5.69 Å². The fourth-order valence-corrected chi connectivity index (χ4v) is 2.83. The zero-order chi connectivity index (χ0) is 17.7. The molecule has 2 aromatic rings. The van der Waals surface area contributed by atoms with Crippen molar-refractivity contribution >= 4 is 28.3 Å². The molecule has 0 aliphatic rings. The topological polar surface area (TPSA) is 80.8 Å². The molecule has 0 radical (unpaired) electrons. The smallest absolute Gasteiger partial charge is 0.273 e. The Morgan fingerprint density at radius 3 is 2.58 bits per heavy atom.